The summed E-state index contributed by atoms with van der Waals surface area (Å²) in [5, 5.41) is 18.4. The van der Waals surface area contributed by atoms with Crippen LogP contribution in [-0.4, -0.2) is 20.8 Å². The molecule has 0 bridgehead atoms. The maximum atomic E-state index is 13.6. The molecule has 0 unspecified atom stereocenters. The lowest BCUT2D eigenvalue weighted by molar-refractivity contribution is -0.385. The van der Waals surface area contributed by atoms with Crippen molar-refractivity contribution in [1.29, 1.82) is 0 Å². The molecule has 41 heavy (non-hydrogen) atoms. The van der Waals surface area contributed by atoms with E-state index in [2.05, 4.69) is 10.1 Å². The summed E-state index contributed by atoms with van der Waals surface area (Å²) in [5.41, 5.74) is 1.36. The number of fused-ring (bicyclic) bond motifs is 2. The topological polar surface area (TPSA) is 113 Å². The zero-order valence-electron chi connectivity index (χ0n) is 21.0. The van der Waals surface area contributed by atoms with Gasteiger partial charge in [0.1, 0.15) is 12.2 Å². The van der Waals surface area contributed by atoms with Crippen molar-refractivity contribution in [2.24, 2.45) is 5.10 Å². The van der Waals surface area contributed by atoms with Gasteiger partial charge in [0, 0.05) is 27.1 Å². The molecular formula is C30H18Cl2N4O5. The molecular weight excluding hydrogens is 567 g/mol. The van der Waals surface area contributed by atoms with Crippen LogP contribution in [0.4, 0.5) is 5.69 Å². The van der Waals surface area contributed by atoms with Crippen LogP contribution in [0.15, 0.2) is 105 Å². The van der Waals surface area contributed by atoms with Gasteiger partial charge in [-0.15, -0.1) is 0 Å². The Labute approximate surface area is 242 Å². The monoisotopic (exact) mass is 584 g/mol. The number of nitro benzene ring substituents is 1. The highest BCUT2D eigenvalue weighted by atomic mass is 35.5. The van der Waals surface area contributed by atoms with Crippen molar-refractivity contribution >= 4 is 57.0 Å². The van der Waals surface area contributed by atoms with E-state index < -0.39 is 10.5 Å². The lowest BCUT2D eigenvalue weighted by atomic mass is 10.2. The largest absolute Gasteiger partial charge is 0.481 e. The first-order valence-electron chi connectivity index (χ1n) is 12.3. The molecule has 9 nitrogen and oxygen atoms in total. The molecule has 0 aliphatic rings. The van der Waals surface area contributed by atoms with Crippen LogP contribution in [0.1, 0.15) is 11.1 Å². The van der Waals surface area contributed by atoms with Crippen LogP contribution < -0.4 is 10.3 Å². The van der Waals surface area contributed by atoms with Crippen LogP contribution in [0, 0.1) is 10.1 Å². The number of ether oxygens (including phenoxy) is 1. The fourth-order valence-corrected chi connectivity index (χ4v) is 4.62. The normalized spacial score (nSPS) is 11.5. The highest BCUT2D eigenvalue weighted by Crippen LogP contribution is 2.32. The van der Waals surface area contributed by atoms with E-state index >= 15 is 0 Å². The van der Waals surface area contributed by atoms with Crippen LogP contribution in [0.5, 0.6) is 5.75 Å². The van der Waals surface area contributed by atoms with Crippen LogP contribution >= 0.6 is 23.2 Å². The number of furan rings is 1. The van der Waals surface area contributed by atoms with Gasteiger partial charge in [0.25, 0.3) is 5.56 Å². The smallest absolute Gasteiger partial charge is 0.311 e. The lowest BCUT2D eigenvalue weighted by Gasteiger charge is -2.10. The summed E-state index contributed by atoms with van der Waals surface area (Å²) in [5.74, 6) is 0.435. The quantitative estimate of drug-likeness (QED) is 0.109. The molecule has 6 aromatic rings. The molecule has 11 heteroatoms. The van der Waals surface area contributed by atoms with Gasteiger partial charge in [-0.05, 0) is 60.2 Å². The number of rotatable bonds is 7. The van der Waals surface area contributed by atoms with Crippen LogP contribution in [-0.2, 0) is 6.61 Å². The Hall–Kier alpha value is -4.99. The van der Waals surface area contributed by atoms with E-state index in [9.17, 15) is 14.9 Å². The minimum atomic E-state index is -0.538. The van der Waals surface area contributed by atoms with Crippen molar-refractivity contribution in [3.8, 4) is 17.3 Å². The van der Waals surface area contributed by atoms with Crippen molar-refractivity contribution in [3.05, 3.63) is 133 Å². The Morgan fingerprint density at radius 3 is 2.56 bits per heavy atom. The van der Waals surface area contributed by atoms with Crippen molar-refractivity contribution < 1.29 is 14.1 Å². The third-order valence-electron chi connectivity index (χ3n) is 6.28. The third-order valence-corrected chi connectivity index (χ3v) is 6.77. The summed E-state index contributed by atoms with van der Waals surface area (Å²) < 4.78 is 13.0. The Morgan fingerprint density at radius 2 is 1.76 bits per heavy atom. The molecule has 0 saturated heterocycles. The Morgan fingerprint density at radius 1 is 0.976 bits per heavy atom. The molecule has 202 valence electrons. The number of hydrogen-bond acceptors (Lipinski definition) is 7. The molecule has 4 aromatic carbocycles. The van der Waals surface area contributed by atoms with E-state index in [0.29, 0.717) is 32.3 Å². The summed E-state index contributed by atoms with van der Waals surface area (Å²) in [6, 6.07) is 25.1. The van der Waals surface area contributed by atoms with Gasteiger partial charge in [-0.25, -0.2) is 4.98 Å². The summed E-state index contributed by atoms with van der Waals surface area (Å²) in [4.78, 5) is 29.6. The van der Waals surface area contributed by atoms with Gasteiger partial charge in [-0.3, -0.25) is 14.9 Å². The first-order chi connectivity index (χ1) is 19.9. The SMILES string of the molecule is O=c1c2ccccc2nc(-c2cc3cc(Cl)ccc3o2)n1N=Cc1cccc([N+](=O)[O-])c1OCc1ccc(Cl)cc1. The fourth-order valence-electron chi connectivity index (χ4n) is 4.32. The zero-order chi connectivity index (χ0) is 28.5. The standard InChI is InChI=1S/C30H18Cl2N4O5/c31-21-10-8-18(9-11-21)17-40-28-19(4-3-7-25(28)36(38)39)16-33-35-29(34-24-6-2-1-5-23(24)30(35)37)27-15-20-14-22(32)12-13-26(20)41-27/h1-16H,17H2. The molecule has 0 aliphatic heterocycles. The van der Waals surface area contributed by atoms with Gasteiger partial charge >= 0.3 is 5.69 Å². The maximum absolute atomic E-state index is 13.6. The first-order valence-corrected chi connectivity index (χ1v) is 13.0. The second kappa shape index (κ2) is 10.9. The average Bonchev–Trinajstić information content (AvgIpc) is 3.39. The van der Waals surface area contributed by atoms with Crippen molar-refractivity contribution in [2.75, 3.05) is 0 Å². The highest BCUT2D eigenvalue weighted by molar-refractivity contribution is 6.31. The van der Waals surface area contributed by atoms with Crippen molar-refractivity contribution in [3.63, 3.8) is 0 Å². The molecule has 0 spiro atoms. The molecule has 0 saturated carbocycles. The molecule has 0 amide bonds. The van der Waals surface area contributed by atoms with Crippen LogP contribution in [0.3, 0.4) is 0 Å². The van der Waals surface area contributed by atoms with E-state index in [0.717, 1.165) is 15.6 Å². The summed E-state index contributed by atoms with van der Waals surface area (Å²) in [6.07, 6.45) is 1.32. The number of aromatic nitrogens is 2. The first kappa shape index (κ1) is 26.2. The second-order valence-corrected chi connectivity index (χ2v) is 9.85. The van der Waals surface area contributed by atoms with Gasteiger partial charge in [0.05, 0.1) is 22.0 Å². The van der Waals surface area contributed by atoms with E-state index in [4.69, 9.17) is 32.4 Å². The second-order valence-electron chi connectivity index (χ2n) is 8.97. The van der Waals surface area contributed by atoms with Crippen LogP contribution in [0.2, 0.25) is 10.0 Å². The van der Waals surface area contributed by atoms with E-state index in [-0.39, 0.29) is 29.4 Å². The van der Waals surface area contributed by atoms with Gasteiger partial charge < -0.3 is 9.15 Å². The molecule has 0 atom stereocenters. The molecule has 6 rings (SSSR count). The van der Waals surface area contributed by atoms with Gasteiger partial charge in [-0.1, -0.05) is 53.5 Å². The zero-order valence-corrected chi connectivity index (χ0v) is 22.5. The minimum absolute atomic E-state index is 0.00192. The molecule has 0 fully saturated rings. The number of hydrogen-bond donors (Lipinski definition) is 0. The Bertz CT molecular complexity index is 2030. The average molecular weight is 585 g/mol. The number of halogens is 2. The Balaban J connectivity index is 1.47. The summed E-state index contributed by atoms with van der Waals surface area (Å²) >= 11 is 12.1. The molecule has 0 radical (unpaired) electrons. The third kappa shape index (κ3) is 5.28. The van der Waals surface area contributed by atoms with E-state index in [1.54, 1.807) is 78.9 Å². The highest BCUT2D eigenvalue weighted by Gasteiger charge is 2.20. The number of benzene rings is 4. The molecule has 2 heterocycles. The molecule has 0 N–H and O–H groups in total. The van der Waals surface area contributed by atoms with E-state index in [1.165, 1.54) is 18.3 Å². The minimum Gasteiger partial charge on any atom is -0.481 e. The number of para-hydroxylation sites is 2. The van der Waals surface area contributed by atoms with E-state index in [1.807, 2.05) is 0 Å². The number of nitro groups is 1. The Kier molecular flexibility index (Phi) is 6.96. The van der Waals surface area contributed by atoms with Crippen molar-refractivity contribution in [1.82, 2.24) is 9.66 Å². The lowest BCUT2D eigenvalue weighted by Crippen LogP contribution is -2.20. The molecule has 0 aliphatic carbocycles. The fraction of sp³-hybridized carbons (Fsp3) is 0.0333. The predicted octanol–water partition coefficient (Wildman–Crippen LogP) is 7.49. The van der Waals surface area contributed by atoms with Crippen LogP contribution in [0.25, 0.3) is 33.5 Å². The summed E-state index contributed by atoms with van der Waals surface area (Å²) in [6.45, 7) is 0.0487. The summed E-state index contributed by atoms with van der Waals surface area (Å²) in [7, 11) is 0. The van der Waals surface area contributed by atoms with Gasteiger partial charge in [0.15, 0.2) is 5.76 Å². The predicted molar refractivity (Wildman–Crippen MR) is 158 cm³/mol. The van der Waals surface area contributed by atoms with Gasteiger partial charge in [-0.2, -0.15) is 9.78 Å². The maximum Gasteiger partial charge on any atom is 0.311 e. The van der Waals surface area contributed by atoms with Crippen molar-refractivity contribution in [2.45, 2.75) is 6.61 Å². The van der Waals surface area contributed by atoms with Gasteiger partial charge in [0.2, 0.25) is 11.6 Å². The molecule has 2 aromatic heterocycles. The number of nitrogens with zero attached hydrogens (tertiary/aromatic N) is 4.